The summed E-state index contributed by atoms with van der Waals surface area (Å²) < 4.78 is 1.56. The van der Waals surface area contributed by atoms with Gasteiger partial charge in [0, 0.05) is 43.3 Å². The lowest BCUT2D eigenvalue weighted by Crippen LogP contribution is -2.65. The van der Waals surface area contributed by atoms with Crippen LogP contribution in [0.1, 0.15) is 74.6 Å². The first kappa shape index (κ1) is 27.6. The van der Waals surface area contributed by atoms with Crippen LogP contribution in [0.2, 0.25) is 0 Å². The minimum atomic E-state index is -1.08. The number of carbonyl (C=O) groups is 3. The highest BCUT2D eigenvalue weighted by atomic mass is 16.2. The van der Waals surface area contributed by atoms with Crippen molar-refractivity contribution in [3.63, 3.8) is 0 Å². The van der Waals surface area contributed by atoms with Crippen LogP contribution >= 0.6 is 0 Å². The van der Waals surface area contributed by atoms with Crippen molar-refractivity contribution in [2.75, 3.05) is 18.4 Å². The Balaban J connectivity index is 1.63. The number of nitrogens with zero attached hydrogens (tertiary/aromatic N) is 4. The molecule has 2 fully saturated rings. The van der Waals surface area contributed by atoms with Gasteiger partial charge in [-0.1, -0.05) is 32.9 Å². The summed E-state index contributed by atoms with van der Waals surface area (Å²) in [5, 5.41) is 10.6. The van der Waals surface area contributed by atoms with Gasteiger partial charge in [0.15, 0.2) is 6.17 Å². The number of carbonyl (C=O) groups excluding carboxylic acids is 3. The van der Waals surface area contributed by atoms with E-state index in [2.05, 4.69) is 15.7 Å². The molecule has 1 unspecified atom stereocenters. The number of hydrogen-bond donors (Lipinski definition) is 3. The van der Waals surface area contributed by atoms with E-state index < -0.39 is 12.2 Å². The number of urea groups is 1. The SMILES string of the molecule is Cc1cccc(NC(=O)N2CCCN(C(=O)c3cc(C(C)(C)C)nn3C)C2C(=O)NC2CCC(N)CC2)c1. The van der Waals surface area contributed by atoms with Gasteiger partial charge in [-0.3, -0.25) is 19.2 Å². The molecule has 1 atom stereocenters. The number of rotatable bonds is 4. The zero-order chi connectivity index (χ0) is 27.6. The summed E-state index contributed by atoms with van der Waals surface area (Å²) in [6.07, 6.45) is 2.70. The van der Waals surface area contributed by atoms with Gasteiger partial charge in [-0.05, 0) is 62.8 Å². The Bertz CT molecular complexity index is 1180. The van der Waals surface area contributed by atoms with Gasteiger partial charge in [-0.15, -0.1) is 0 Å². The Morgan fingerprint density at radius 2 is 1.71 bits per heavy atom. The molecule has 2 heterocycles. The van der Waals surface area contributed by atoms with Gasteiger partial charge >= 0.3 is 6.03 Å². The monoisotopic (exact) mass is 523 g/mol. The van der Waals surface area contributed by atoms with E-state index in [1.54, 1.807) is 17.8 Å². The van der Waals surface area contributed by atoms with Crippen LogP contribution in [-0.4, -0.2) is 68.8 Å². The fourth-order valence-electron chi connectivity index (χ4n) is 5.17. The van der Waals surface area contributed by atoms with Crippen molar-refractivity contribution in [1.82, 2.24) is 24.9 Å². The minimum absolute atomic E-state index is 0.0351. The number of benzene rings is 1. The summed E-state index contributed by atoms with van der Waals surface area (Å²) >= 11 is 0. The quantitative estimate of drug-likeness (QED) is 0.568. The number of amides is 4. The second-order valence-corrected chi connectivity index (χ2v) is 11.6. The van der Waals surface area contributed by atoms with Crippen LogP contribution in [0.5, 0.6) is 0 Å². The van der Waals surface area contributed by atoms with Gasteiger partial charge < -0.3 is 21.3 Å². The lowest BCUT2D eigenvalue weighted by Gasteiger charge is -2.43. The average Bonchev–Trinajstić information content (AvgIpc) is 3.26. The van der Waals surface area contributed by atoms with Gasteiger partial charge in [0.1, 0.15) is 5.69 Å². The highest BCUT2D eigenvalue weighted by molar-refractivity contribution is 5.99. The van der Waals surface area contributed by atoms with Crippen LogP contribution in [0.3, 0.4) is 0 Å². The fraction of sp³-hybridized carbons (Fsp3) is 0.571. The van der Waals surface area contributed by atoms with Crippen molar-refractivity contribution in [3.8, 4) is 0 Å². The Kier molecular flexibility index (Phi) is 8.10. The van der Waals surface area contributed by atoms with Crippen LogP contribution in [0, 0.1) is 6.92 Å². The van der Waals surface area contributed by atoms with Gasteiger partial charge in [-0.25, -0.2) is 4.79 Å². The summed E-state index contributed by atoms with van der Waals surface area (Å²) in [5.74, 6) is -0.675. The largest absolute Gasteiger partial charge is 0.350 e. The van der Waals surface area contributed by atoms with Crippen LogP contribution < -0.4 is 16.4 Å². The third-order valence-corrected chi connectivity index (χ3v) is 7.40. The highest BCUT2D eigenvalue weighted by Gasteiger charge is 2.42. The molecule has 38 heavy (non-hydrogen) atoms. The van der Waals surface area contributed by atoms with Crippen molar-refractivity contribution in [2.24, 2.45) is 12.8 Å². The highest BCUT2D eigenvalue weighted by Crippen LogP contribution is 2.25. The Hall–Kier alpha value is -3.40. The molecule has 4 N–H and O–H groups in total. The summed E-state index contributed by atoms with van der Waals surface area (Å²) in [5.41, 5.74) is 8.63. The Morgan fingerprint density at radius 3 is 2.34 bits per heavy atom. The summed E-state index contributed by atoms with van der Waals surface area (Å²) in [6, 6.07) is 8.97. The van der Waals surface area contributed by atoms with E-state index in [0.29, 0.717) is 30.9 Å². The molecule has 10 heteroatoms. The number of nitrogens with one attached hydrogen (secondary N) is 2. The molecule has 1 saturated heterocycles. The fourth-order valence-corrected chi connectivity index (χ4v) is 5.17. The second-order valence-electron chi connectivity index (χ2n) is 11.6. The Morgan fingerprint density at radius 1 is 1.03 bits per heavy atom. The third kappa shape index (κ3) is 6.18. The van der Waals surface area contributed by atoms with Gasteiger partial charge in [0.2, 0.25) is 0 Å². The zero-order valence-corrected chi connectivity index (χ0v) is 23.2. The molecule has 0 radical (unpaired) electrons. The van der Waals surface area contributed by atoms with E-state index in [-0.39, 0.29) is 29.3 Å². The maximum absolute atomic E-state index is 13.9. The molecule has 1 aromatic carbocycles. The molecule has 1 aliphatic heterocycles. The van der Waals surface area contributed by atoms with E-state index in [0.717, 1.165) is 36.9 Å². The maximum Gasteiger partial charge on any atom is 0.323 e. The molecule has 0 spiro atoms. The number of aromatic nitrogens is 2. The smallest absolute Gasteiger partial charge is 0.323 e. The number of nitrogens with two attached hydrogens (primary N) is 1. The standard InChI is InChI=1S/C28H41N7O3/c1-18-8-6-9-21(16-18)31-27(38)35-15-7-14-34(25(35)24(36)30-20-12-10-19(29)11-13-20)26(37)22-17-23(28(2,3)4)32-33(22)5/h6,8-9,16-17,19-20,25H,7,10-15,29H2,1-5H3,(H,30,36)(H,31,38). The van der Waals surface area contributed by atoms with Crippen molar-refractivity contribution < 1.29 is 14.4 Å². The molecule has 2 aromatic rings. The number of aryl methyl sites for hydroxylation is 2. The molecule has 1 saturated carbocycles. The summed E-state index contributed by atoms with van der Waals surface area (Å²) in [6.45, 7) is 8.77. The predicted molar refractivity (Wildman–Crippen MR) is 147 cm³/mol. The molecule has 2 aliphatic rings. The van der Waals surface area contributed by atoms with Crippen molar-refractivity contribution in [1.29, 1.82) is 0 Å². The maximum atomic E-state index is 13.9. The van der Waals surface area contributed by atoms with E-state index in [4.69, 9.17) is 5.73 Å². The second kappa shape index (κ2) is 11.1. The van der Waals surface area contributed by atoms with Gasteiger partial charge in [0.25, 0.3) is 11.8 Å². The first-order valence-corrected chi connectivity index (χ1v) is 13.5. The zero-order valence-electron chi connectivity index (χ0n) is 23.2. The van der Waals surface area contributed by atoms with Crippen LogP contribution in [0.15, 0.2) is 30.3 Å². The van der Waals surface area contributed by atoms with Gasteiger partial charge in [-0.2, -0.15) is 5.10 Å². The van der Waals surface area contributed by atoms with Crippen LogP contribution in [0.25, 0.3) is 0 Å². The Labute approximate surface area is 224 Å². The first-order chi connectivity index (χ1) is 17.9. The molecular weight excluding hydrogens is 482 g/mol. The van der Waals surface area contributed by atoms with Crippen molar-refractivity contribution in [2.45, 2.75) is 83.5 Å². The van der Waals surface area contributed by atoms with E-state index >= 15 is 0 Å². The van der Waals surface area contributed by atoms with E-state index in [9.17, 15) is 14.4 Å². The molecule has 0 bridgehead atoms. The molecule has 4 rings (SSSR count). The number of hydrogen-bond acceptors (Lipinski definition) is 5. The summed E-state index contributed by atoms with van der Waals surface area (Å²) in [4.78, 5) is 44.1. The third-order valence-electron chi connectivity index (χ3n) is 7.40. The van der Waals surface area contributed by atoms with Gasteiger partial charge in [0.05, 0.1) is 5.69 Å². The van der Waals surface area contributed by atoms with Crippen LogP contribution in [-0.2, 0) is 17.3 Å². The number of anilines is 1. The first-order valence-electron chi connectivity index (χ1n) is 13.5. The minimum Gasteiger partial charge on any atom is -0.350 e. The molecular formula is C28H41N7O3. The lowest BCUT2D eigenvalue weighted by molar-refractivity contribution is -0.133. The lowest BCUT2D eigenvalue weighted by atomic mass is 9.91. The predicted octanol–water partition coefficient (Wildman–Crippen LogP) is 3.12. The normalized spacial score (nSPS) is 22.2. The molecule has 4 amide bonds. The molecule has 10 nitrogen and oxygen atoms in total. The summed E-state index contributed by atoms with van der Waals surface area (Å²) in [7, 11) is 1.73. The van der Waals surface area contributed by atoms with E-state index in [1.165, 1.54) is 9.80 Å². The molecule has 206 valence electrons. The van der Waals surface area contributed by atoms with Crippen molar-refractivity contribution in [3.05, 3.63) is 47.3 Å². The average molecular weight is 524 g/mol. The molecule has 1 aromatic heterocycles. The topological polar surface area (TPSA) is 126 Å². The van der Waals surface area contributed by atoms with Crippen LogP contribution in [0.4, 0.5) is 10.5 Å². The van der Waals surface area contributed by atoms with Crippen molar-refractivity contribution >= 4 is 23.5 Å². The molecule has 1 aliphatic carbocycles. The van der Waals surface area contributed by atoms with E-state index in [1.807, 2.05) is 52.0 Å².